The fourth-order valence-corrected chi connectivity index (χ4v) is 2.76. The molecule has 0 aliphatic carbocycles. The lowest BCUT2D eigenvalue weighted by atomic mass is 10.0. The highest BCUT2D eigenvalue weighted by molar-refractivity contribution is 9.10. The molecule has 1 aromatic rings. The molecule has 0 amide bonds. The Morgan fingerprint density at radius 1 is 1.21 bits per heavy atom. The van der Waals surface area contributed by atoms with Crippen molar-refractivity contribution in [3.05, 3.63) is 34.3 Å². The van der Waals surface area contributed by atoms with Gasteiger partial charge in [-0.05, 0) is 56.7 Å². The first kappa shape index (κ1) is 16.7. The van der Waals surface area contributed by atoms with Crippen LogP contribution in [-0.2, 0) is 0 Å². The Morgan fingerprint density at radius 2 is 1.95 bits per heavy atom. The Bertz CT molecular complexity index is 350. The van der Waals surface area contributed by atoms with E-state index in [4.69, 9.17) is 0 Å². The summed E-state index contributed by atoms with van der Waals surface area (Å²) in [7, 11) is 0. The van der Waals surface area contributed by atoms with Crippen molar-refractivity contribution in [3.63, 3.8) is 0 Å². The van der Waals surface area contributed by atoms with Gasteiger partial charge in [-0.3, -0.25) is 0 Å². The van der Waals surface area contributed by atoms with Gasteiger partial charge < -0.3 is 10.2 Å². The lowest BCUT2D eigenvalue weighted by molar-refractivity contribution is 0.295. The van der Waals surface area contributed by atoms with Crippen LogP contribution >= 0.6 is 15.9 Å². The minimum atomic E-state index is 0.467. The number of nitrogens with zero attached hydrogens (tertiary/aromatic N) is 1. The van der Waals surface area contributed by atoms with Crippen LogP contribution in [0.1, 0.15) is 45.2 Å². The minimum Gasteiger partial charge on any atom is -0.310 e. The van der Waals surface area contributed by atoms with Crippen LogP contribution in [0.3, 0.4) is 0 Å². The van der Waals surface area contributed by atoms with Gasteiger partial charge in [0.25, 0.3) is 0 Å². The van der Waals surface area contributed by atoms with Crippen LogP contribution in [0.25, 0.3) is 0 Å². The summed E-state index contributed by atoms with van der Waals surface area (Å²) < 4.78 is 1.16. The number of hydrogen-bond donors (Lipinski definition) is 1. The van der Waals surface area contributed by atoms with E-state index in [1.54, 1.807) is 0 Å². The predicted octanol–water partition coefficient (Wildman–Crippen LogP) is 4.22. The maximum absolute atomic E-state index is 3.67. The third-order valence-electron chi connectivity index (χ3n) is 3.60. The van der Waals surface area contributed by atoms with Crippen LogP contribution in [0.5, 0.6) is 0 Å². The SMILES string of the molecule is CCC(NCCCN(CC)CC)c1cccc(Br)c1. The molecule has 1 unspecified atom stereocenters. The summed E-state index contributed by atoms with van der Waals surface area (Å²) in [6.45, 7) is 11.3. The van der Waals surface area contributed by atoms with E-state index in [1.165, 1.54) is 18.5 Å². The number of rotatable bonds is 9. The Labute approximate surface area is 126 Å². The normalized spacial score (nSPS) is 12.9. The molecule has 0 aliphatic heterocycles. The van der Waals surface area contributed by atoms with Crippen molar-refractivity contribution in [2.45, 2.75) is 39.7 Å². The molecule has 0 bridgehead atoms. The van der Waals surface area contributed by atoms with E-state index in [-0.39, 0.29) is 0 Å². The van der Waals surface area contributed by atoms with Gasteiger partial charge in [-0.1, -0.05) is 48.8 Å². The maximum atomic E-state index is 3.67. The second-order valence-electron chi connectivity index (χ2n) is 4.85. The zero-order valence-electron chi connectivity index (χ0n) is 12.5. The summed E-state index contributed by atoms with van der Waals surface area (Å²) in [5.74, 6) is 0. The van der Waals surface area contributed by atoms with Crippen LogP contribution < -0.4 is 5.32 Å². The van der Waals surface area contributed by atoms with Crippen molar-refractivity contribution < 1.29 is 0 Å². The van der Waals surface area contributed by atoms with Crippen molar-refractivity contribution in [1.29, 1.82) is 0 Å². The van der Waals surface area contributed by atoms with E-state index in [9.17, 15) is 0 Å². The topological polar surface area (TPSA) is 15.3 Å². The van der Waals surface area contributed by atoms with Gasteiger partial charge in [0.05, 0.1) is 0 Å². The van der Waals surface area contributed by atoms with Gasteiger partial charge in [-0.2, -0.15) is 0 Å². The highest BCUT2D eigenvalue weighted by Gasteiger charge is 2.08. The summed E-state index contributed by atoms with van der Waals surface area (Å²) in [5, 5.41) is 3.67. The van der Waals surface area contributed by atoms with Crippen LogP contribution in [0.2, 0.25) is 0 Å². The standard InChI is InChI=1S/C16H27BrN2/c1-4-16(14-9-7-10-15(17)13-14)18-11-8-12-19(5-2)6-3/h7,9-10,13,16,18H,4-6,8,11-12H2,1-3H3. The van der Waals surface area contributed by atoms with Gasteiger partial charge in [0.15, 0.2) is 0 Å². The zero-order chi connectivity index (χ0) is 14.1. The average molecular weight is 327 g/mol. The van der Waals surface area contributed by atoms with Gasteiger partial charge in [0.2, 0.25) is 0 Å². The smallest absolute Gasteiger partial charge is 0.0318 e. The molecular weight excluding hydrogens is 300 g/mol. The van der Waals surface area contributed by atoms with Crippen molar-refractivity contribution in [2.75, 3.05) is 26.2 Å². The third-order valence-corrected chi connectivity index (χ3v) is 4.09. The number of halogens is 1. The molecule has 3 heteroatoms. The molecule has 0 radical (unpaired) electrons. The van der Waals surface area contributed by atoms with E-state index in [2.05, 4.69) is 71.2 Å². The van der Waals surface area contributed by atoms with Crippen LogP contribution in [-0.4, -0.2) is 31.1 Å². The van der Waals surface area contributed by atoms with Crippen molar-refractivity contribution in [1.82, 2.24) is 10.2 Å². The van der Waals surface area contributed by atoms with E-state index in [0.29, 0.717) is 6.04 Å². The van der Waals surface area contributed by atoms with Gasteiger partial charge in [-0.25, -0.2) is 0 Å². The number of nitrogens with one attached hydrogen (secondary N) is 1. The number of hydrogen-bond acceptors (Lipinski definition) is 2. The highest BCUT2D eigenvalue weighted by atomic mass is 79.9. The third kappa shape index (κ3) is 6.07. The van der Waals surface area contributed by atoms with E-state index in [0.717, 1.165) is 30.5 Å². The van der Waals surface area contributed by atoms with Crippen LogP contribution in [0, 0.1) is 0 Å². The first-order valence-corrected chi connectivity index (χ1v) is 8.21. The zero-order valence-corrected chi connectivity index (χ0v) is 14.0. The Hall–Kier alpha value is -0.380. The minimum absolute atomic E-state index is 0.467. The molecule has 0 heterocycles. The van der Waals surface area contributed by atoms with Gasteiger partial charge in [-0.15, -0.1) is 0 Å². The summed E-state index contributed by atoms with van der Waals surface area (Å²) >= 11 is 3.54. The van der Waals surface area contributed by atoms with E-state index in [1.807, 2.05) is 0 Å². The van der Waals surface area contributed by atoms with Gasteiger partial charge in [0.1, 0.15) is 0 Å². The molecule has 0 saturated carbocycles. The molecule has 0 saturated heterocycles. The van der Waals surface area contributed by atoms with Crippen LogP contribution in [0.15, 0.2) is 28.7 Å². The predicted molar refractivity (Wildman–Crippen MR) is 87.6 cm³/mol. The van der Waals surface area contributed by atoms with Crippen molar-refractivity contribution in [3.8, 4) is 0 Å². The fraction of sp³-hybridized carbons (Fsp3) is 0.625. The second-order valence-corrected chi connectivity index (χ2v) is 5.77. The molecule has 1 rings (SSSR count). The number of benzene rings is 1. The van der Waals surface area contributed by atoms with E-state index < -0.39 is 0 Å². The van der Waals surface area contributed by atoms with Gasteiger partial charge >= 0.3 is 0 Å². The quantitative estimate of drug-likeness (QED) is 0.683. The molecule has 0 spiro atoms. The Kier molecular flexibility index (Phi) is 8.35. The molecule has 0 aliphatic rings. The molecule has 0 aromatic heterocycles. The lowest BCUT2D eigenvalue weighted by Crippen LogP contribution is -2.28. The monoisotopic (exact) mass is 326 g/mol. The molecule has 19 heavy (non-hydrogen) atoms. The lowest BCUT2D eigenvalue weighted by Gasteiger charge is -2.21. The van der Waals surface area contributed by atoms with Gasteiger partial charge in [0, 0.05) is 10.5 Å². The molecule has 0 fully saturated rings. The molecular formula is C16H27BrN2. The second kappa shape index (κ2) is 9.51. The fourth-order valence-electron chi connectivity index (χ4n) is 2.34. The van der Waals surface area contributed by atoms with Crippen LogP contribution in [0.4, 0.5) is 0 Å². The summed E-state index contributed by atoms with van der Waals surface area (Å²) in [6.07, 6.45) is 2.34. The molecule has 108 valence electrons. The molecule has 1 atom stereocenters. The Morgan fingerprint density at radius 3 is 2.53 bits per heavy atom. The van der Waals surface area contributed by atoms with Crippen molar-refractivity contribution >= 4 is 15.9 Å². The molecule has 1 aromatic carbocycles. The van der Waals surface area contributed by atoms with Crippen molar-refractivity contribution in [2.24, 2.45) is 0 Å². The average Bonchev–Trinajstić information content (AvgIpc) is 2.43. The largest absolute Gasteiger partial charge is 0.310 e. The summed E-state index contributed by atoms with van der Waals surface area (Å²) in [5.41, 5.74) is 1.37. The van der Waals surface area contributed by atoms with E-state index >= 15 is 0 Å². The first-order valence-electron chi connectivity index (χ1n) is 7.42. The summed E-state index contributed by atoms with van der Waals surface area (Å²) in [4.78, 5) is 2.47. The summed E-state index contributed by atoms with van der Waals surface area (Å²) in [6, 6.07) is 9.08. The maximum Gasteiger partial charge on any atom is 0.0318 e. The molecule has 2 nitrogen and oxygen atoms in total. The molecule has 1 N–H and O–H groups in total. The first-order chi connectivity index (χ1) is 9.21. The Balaban J connectivity index is 2.37. The highest BCUT2D eigenvalue weighted by Crippen LogP contribution is 2.20.